The van der Waals surface area contributed by atoms with E-state index in [4.69, 9.17) is 0 Å². The molecule has 14 heavy (non-hydrogen) atoms. The quantitative estimate of drug-likeness (QED) is 0.746. The van der Waals surface area contributed by atoms with Crippen molar-refractivity contribution in [2.75, 3.05) is 0 Å². The van der Waals surface area contributed by atoms with Gasteiger partial charge in [-0.1, -0.05) is 19.9 Å². The third kappa shape index (κ3) is 3.55. The lowest BCUT2D eigenvalue weighted by Gasteiger charge is -2.20. The molecule has 0 fully saturated rings. The summed E-state index contributed by atoms with van der Waals surface area (Å²) in [4.78, 5) is 0. The van der Waals surface area contributed by atoms with Crippen LogP contribution in [-0.2, 0) is 6.54 Å². The fourth-order valence-electron chi connectivity index (χ4n) is 1.02. The minimum atomic E-state index is -0.793. The fraction of sp³-hybridized carbons (Fsp3) is 0.400. The minimum absolute atomic E-state index is 0.116. The zero-order valence-corrected chi connectivity index (χ0v) is 10.7. The molecule has 1 N–H and O–H groups in total. The van der Waals surface area contributed by atoms with Crippen LogP contribution in [0.2, 0.25) is 0 Å². The molecule has 0 unspecified atom stereocenters. The number of hydrogen-bond donors (Lipinski definition) is 1. The van der Waals surface area contributed by atoms with Gasteiger partial charge in [-0.15, -0.1) is 0 Å². The SMILES string of the molecule is CC(C)([SiH3])NCc1ccc(F)c(F)c1. The molecule has 78 valence electrons. The molecule has 0 aliphatic rings. The Kier molecular flexibility index (Phi) is 3.39. The summed E-state index contributed by atoms with van der Waals surface area (Å²) in [5.41, 5.74) is 0.771. The van der Waals surface area contributed by atoms with Crippen LogP contribution in [0.25, 0.3) is 0 Å². The minimum Gasteiger partial charge on any atom is -0.311 e. The second-order valence-corrected chi connectivity index (χ2v) is 6.85. The second kappa shape index (κ2) is 4.19. The standard InChI is InChI=1S/C10H15F2NSi/c1-10(2,14)13-6-7-3-4-8(11)9(12)5-7/h3-5,13H,6H2,1-2,14H3. The average Bonchev–Trinajstić information content (AvgIpc) is 2.06. The predicted molar refractivity (Wildman–Crippen MR) is 57.2 cm³/mol. The summed E-state index contributed by atoms with van der Waals surface area (Å²) in [6, 6.07) is 3.99. The molecule has 0 aromatic heterocycles. The van der Waals surface area contributed by atoms with Gasteiger partial charge in [-0.05, 0) is 22.9 Å². The van der Waals surface area contributed by atoms with Crippen LogP contribution in [0.1, 0.15) is 19.4 Å². The molecule has 0 saturated heterocycles. The Hall–Kier alpha value is -0.743. The number of halogens is 2. The summed E-state index contributed by atoms with van der Waals surface area (Å²) in [6.07, 6.45) is 0. The Morgan fingerprint density at radius 2 is 1.93 bits per heavy atom. The van der Waals surface area contributed by atoms with Gasteiger partial charge in [0.2, 0.25) is 0 Å². The van der Waals surface area contributed by atoms with Gasteiger partial charge in [-0.25, -0.2) is 8.78 Å². The molecule has 4 heteroatoms. The number of nitrogens with one attached hydrogen (secondary N) is 1. The summed E-state index contributed by atoms with van der Waals surface area (Å²) in [5.74, 6) is -1.57. The summed E-state index contributed by atoms with van der Waals surface area (Å²) < 4.78 is 25.4. The highest BCUT2D eigenvalue weighted by molar-refractivity contribution is 6.14. The van der Waals surface area contributed by atoms with Crippen molar-refractivity contribution >= 4 is 10.2 Å². The van der Waals surface area contributed by atoms with Crippen molar-refractivity contribution in [2.24, 2.45) is 0 Å². The van der Waals surface area contributed by atoms with Gasteiger partial charge >= 0.3 is 0 Å². The summed E-state index contributed by atoms with van der Waals surface area (Å²) in [6.45, 7) is 4.74. The van der Waals surface area contributed by atoms with Crippen LogP contribution in [0.5, 0.6) is 0 Å². The van der Waals surface area contributed by atoms with Crippen LogP contribution in [0.4, 0.5) is 8.78 Å². The molecule has 1 rings (SSSR count). The molecular weight excluding hydrogens is 200 g/mol. The zero-order chi connectivity index (χ0) is 10.8. The molecule has 0 atom stereocenters. The van der Waals surface area contributed by atoms with Gasteiger partial charge in [0.15, 0.2) is 11.6 Å². The highest BCUT2D eigenvalue weighted by atomic mass is 28.1. The van der Waals surface area contributed by atoms with Crippen LogP contribution in [0, 0.1) is 11.6 Å². The number of benzene rings is 1. The Labute approximate surface area is 85.9 Å². The molecule has 0 bridgehead atoms. The van der Waals surface area contributed by atoms with E-state index in [0.29, 0.717) is 6.54 Å². The highest BCUT2D eigenvalue weighted by Crippen LogP contribution is 2.09. The van der Waals surface area contributed by atoms with Crippen LogP contribution in [-0.4, -0.2) is 15.4 Å². The topological polar surface area (TPSA) is 12.0 Å². The first-order valence-corrected chi connectivity index (χ1v) is 5.57. The first-order valence-electron chi connectivity index (χ1n) is 4.57. The Bertz CT molecular complexity index is 320. The molecular formula is C10H15F2NSi. The molecule has 1 nitrogen and oxygen atoms in total. The zero-order valence-electron chi connectivity index (χ0n) is 8.70. The maximum atomic E-state index is 12.8. The van der Waals surface area contributed by atoms with Gasteiger partial charge in [0.1, 0.15) is 0 Å². The molecule has 1 aromatic carbocycles. The predicted octanol–water partition coefficient (Wildman–Crippen LogP) is 1.16. The van der Waals surface area contributed by atoms with Crippen molar-refractivity contribution in [1.29, 1.82) is 0 Å². The van der Waals surface area contributed by atoms with Crippen LogP contribution >= 0.6 is 0 Å². The monoisotopic (exact) mass is 215 g/mol. The maximum Gasteiger partial charge on any atom is 0.159 e. The largest absolute Gasteiger partial charge is 0.311 e. The van der Waals surface area contributed by atoms with Crippen molar-refractivity contribution in [3.63, 3.8) is 0 Å². The van der Waals surface area contributed by atoms with Crippen molar-refractivity contribution in [3.05, 3.63) is 35.4 Å². The van der Waals surface area contributed by atoms with Crippen molar-refractivity contribution in [2.45, 2.75) is 25.6 Å². The van der Waals surface area contributed by atoms with Gasteiger partial charge in [0.25, 0.3) is 0 Å². The van der Waals surface area contributed by atoms with Crippen LogP contribution in [0.15, 0.2) is 18.2 Å². The maximum absolute atomic E-state index is 12.8. The van der Waals surface area contributed by atoms with E-state index in [2.05, 4.69) is 19.2 Å². The Morgan fingerprint density at radius 3 is 2.43 bits per heavy atom. The van der Waals surface area contributed by atoms with E-state index >= 15 is 0 Å². The van der Waals surface area contributed by atoms with Gasteiger partial charge < -0.3 is 5.32 Å². The van der Waals surface area contributed by atoms with Gasteiger partial charge in [0, 0.05) is 16.8 Å². The van der Waals surface area contributed by atoms with Gasteiger partial charge in [-0.3, -0.25) is 0 Å². The Morgan fingerprint density at radius 1 is 1.29 bits per heavy atom. The third-order valence-corrected chi connectivity index (χ3v) is 2.16. The lowest BCUT2D eigenvalue weighted by Crippen LogP contribution is -2.38. The first-order chi connectivity index (χ1) is 6.38. The molecule has 1 aromatic rings. The molecule has 0 aliphatic carbocycles. The number of rotatable bonds is 3. The lowest BCUT2D eigenvalue weighted by molar-refractivity contribution is 0.499. The number of hydrogen-bond acceptors (Lipinski definition) is 1. The summed E-state index contributed by atoms with van der Waals surface area (Å²) in [7, 11) is 1.01. The molecule has 0 saturated carbocycles. The van der Waals surface area contributed by atoms with E-state index in [9.17, 15) is 8.78 Å². The normalized spacial score (nSPS) is 12.0. The highest BCUT2D eigenvalue weighted by Gasteiger charge is 2.09. The lowest BCUT2D eigenvalue weighted by atomic mass is 10.2. The average molecular weight is 215 g/mol. The second-order valence-electron chi connectivity index (χ2n) is 4.35. The fourth-order valence-corrected chi connectivity index (χ4v) is 1.19. The third-order valence-electron chi connectivity index (χ3n) is 1.81. The smallest absolute Gasteiger partial charge is 0.159 e. The molecule has 0 amide bonds. The molecule has 0 aliphatic heterocycles. The van der Waals surface area contributed by atoms with Crippen molar-refractivity contribution < 1.29 is 8.78 Å². The van der Waals surface area contributed by atoms with E-state index < -0.39 is 11.6 Å². The van der Waals surface area contributed by atoms with Crippen LogP contribution in [0.3, 0.4) is 0 Å². The molecule has 0 spiro atoms. The summed E-state index contributed by atoms with van der Waals surface area (Å²) in [5, 5.41) is 3.37. The van der Waals surface area contributed by atoms with Crippen molar-refractivity contribution in [3.8, 4) is 0 Å². The van der Waals surface area contributed by atoms with E-state index in [1.165, 1.54) is 6.07 Å². The van der Waals surface area contributed by atoms with Gasteiger partial charge in [-0.2, -0.15) is 0 Å². The van der Waals surface area contributed by atoms with Gasteiger partial charge in [0.05, 0.1) is 0 Å². The molecule has 0 heterocycles. The van der Waals surface area contributed by atoms with E-state index in [0.717, 1.165) is 21.9 Å². The summed E-state index contributed by atoms with van der Waals surface area (Å²) >= 11 is 0. The first kappa shape index (κ1) is 11.3. The Balaban J connectivity index is 2.65. The van der Waals surface area contributed by atoms with Crippen LogP contribution < -0.4 is 5.32 Å². The van der Waals surface area contributed by atoms with E-state index in [1.807, 2.05) is 0 Å². The van der Waals surface area contributed by atoms with Crippen molar-refractivity contribution in [1.82, 2.24) is 5.32 Å². The molecule has 0 radical (unpaired) electrons. The van der Waals surface area contributed by atoms with E-state index in [-0.39, 0.29) is 5.16 Å². The van der Waals surface area contributed by atoms with E-state index in [1.54, 1.807) is 6.07 Å².